The molecule has 0 atom stereocenters. The van der Waals surface area contributed by atoms with Crippen LogP contribution in [0.15, 0.2) is 30.9 Å². The summed E-state index contributed by atoms with van der Waals surface area (Å²) >= 11 is 0. The molecule has 0 aliphatic carbocycles. The molecule has 1 amide bonds. The van der Waals surface area contributed by atoms with Gasteiger partial charge in [0.2, 0.25) is 0 Å². The van der Waals surface area contributed by atoms with Gasteiger partial charge in [0.25, 0.3) is 11.7 Å². The number of fused-ring (bicyclic) bond motifs is 2. The van der Waals surface area contributed by atoms with Crippen LogP contribution in [0.25, 0.3) is 0 Å². The van der Waals surface area contributed by atoms with Crippen LogP contribution in [-0.2, 0) is 26.5 Å². The second kappa shape index (κ2) is 5.62. The summed E-state index contributed by atoms with van der Waals surface area (Å²) in [6.45, 7) is 7.27. The van der Waals surface area contributed by atoms with E-state index in [-0.39, 0.29) is 5.91 Å². The second-order valence-electron chi connectivity index (χ2n) is 5.47. The Bertz CT molecular complexity index is 561. The molecule has 2 heterocycles. The number of carbonyl (C=O) groups excluding carboxylic acids is 1. The molecule has 1 spiro atoms. The first-order valence-electron chi connectivity index (χ1n) is 7.57. The second-order valence-corrected chi connectivity index (χ2v) is 5.47. The third-order valence-corrected chi connectivity index (χ3v) is 4.06. The highest BCUT2D eigenvalue weighted by Crippen LogP contribution is 2.46. The molecule has 0 aromatic heterocycles. The van der Waals surface area contributed by atoms with E-state index < -0.39 is 5.79 Å². The van der Waals surface area contributed by atoms with Crippen LogP contribution in [-0.4, -0.2) is 25.7 Å². The van der Waals surface area contributed by atoms with Crippen LogP contribution in [0.2, 0.25) is 0 Å². The molecule has 1 saturated heterocycles. The minimum absolute atomic E-state index is 0.137. The Balaban J connectivity index is 2.03. The van der Waals surface area contributed by atoms with E-state index in [1.54, 1.807) is 11.0 Å². The van der Waals surface area contributed by atoms with E-state index in [4.69, 9.17) is 9.47 Å². The van der Waals surface area contributed by atoms with E-state index in [9.17, 15) is 4.79 Å². The summed E-state index contributed by atoms with van der Waals surface area (Å²) in [5, 5.41) is 0. The molecule has 2 aliphatic rings. The van der Waals surface area contributed by atoms with Crippen molar-refractivity contribution in [3.63, 3.8) is 0 Å². The van der Waals surface area contributed by atoms with Gasteiger partial charge >= 0.3 is 0 Å². The van der Waals surface area contributed by atoms with Crippen molar-refractivity contribution >= 4 is 11.6 Å². The van der Waals surface area contributed by atoms with Crippen LogP contribution >= 0.6 is 0 Å². The lowest BCUT2D eigenvalue weighted by Gasteiger charge is -2.21. The van der Waals surface area contributed by atoms with Crippen molar-refractivity contribution in [3.05, 3.63) is 42.0 Å². The van der Waals surface area contributed by atoms with Crippen LogP contribution in [0.1, 0.15) is 30.9 Å². The molecule has 21 heavy (non-hydrogen) atoms. The largest absolute Gasteiger partial charge is 0.336 e. The lowest BCUT2D eigenvalue weighted by Crippen LogP contribution is -2.41. The Hall–Kier alpha value is -1.65. The molecule has 0 unspecified atom stereocenters. The van der Waals surface area contributed by atoms with E-state index in [1.165, 1.54) is 5.56 Å². The van der Waals surface area contributed by atoms with Gasteiger partial charge in [0.15, 0.2) is 0 Å². The average Bonchev–Trinajstić information content (AvgIpc) is 3.07. The highest BCUT2D eigenvalue weighted by atomic mass is 16.7. The number of rotatable bonds is 5. The number of amides is 1. The van der Waals surface area contributed by atoms with Gasteiger partial charge in [-0.25, -0.2) is 0 Å². The number of hydrogen-bond acceptors (Lipinski definition) is 3. The Morgan fingerprint density at radius 3 is 2.81 bits per heavy atom. The number of ether oxygens (including phenoxy) is 2. The molecular weight excluding hydrogens is 266 g/mol. The van der Waals surface area contributed by atoms with Gasteiger partial charge in [0, 0.05) is 12.1 Å². The molecule has 4 nitrogen and oxygen atoms in total. The SMILES string of the molecule is C=CCN1C(=O)C2(OCCO2)c2cc(CCCC)ccc21. The van der Waals surface area contributed by atoms with Crippen molar-refractivity contribution < 1.29 is 14.3 Å². The third-order valence-electron chi connectivity index (χ3n) is 4.06. The van der Waals surface area contributed by atoms with Crippen LogP contribution < -0.4 is 4.90 Å². The van der Waals surface area contributed by atoms with Crippen LogP contribution in [0.4, 0.5) is 5.69 Å². The fourth-order valence-corrected chi connectivity index (χ4v) is 3.02. The maximum absolute atomic E-state index is 12.7. The maximum Gasteiger partial charge on any atom is 0.292 e. The molecule has 0 saturated carbocycles. The van der Waals surface area contributed by atoms with Gasteiger partial charge in [-0.3, -0.25) is 4.79 Å². The van der Waals surface area contributed by atoms with Crippen molar-refractivity contribution in [2.24, 2.45) is 0 Å². The number of unbranched alkanes of at least 4 members (excludes halogenated alkanes) is 1. The van der Waals surface area contributed by atoms with Gasteiger partial charge in [-0.1, -0.05) is 25.5 Å². The summed E-state index contributed by atoms with van der Waals surface area (Å²) in [7, 11) is 0. The summed E-state index contributed by atoms with van der Waals surface area (Å²) < 4.78 is 11.5. The van der Waals surface area contributed by atoms with Gasteiger partial charge in [0.1, 0.15) is 0 Å². The molecule has 112 valence electrons. The fourth-order valence-electron chi connectivity index (χ4n) is 3.02. The zero-order valence-electron chi connectivity index (χ0n) is 12.4. The minimum Gasteiger partial charge on any atom is -0.336 e. The molecule has 0 N–H and O–H groups in total. The van der Waals surface area contributed by atoms with E-state index in [2.05, 4.69) is 25.6 Å². The van der Waals surface area contributed by atoms with Crippen LogP contribution in [0, 0.1) is 0 Å². The lowest BCUT2D eigenvalue weighted by molar-refractivity contribution is -0.180. The Kier molecular flexibility index (Phi) is 3.83. The number of carbonyl (C=O) groups is 1. The van der Waals surface area contributed by atoms with Crippen molar-refractivity contribution in [1.29, 1.82) is 0 Å². The topological polar surface area (TPSA) is 38.8 Å². The predicted molar refractivity (Wildman–Crippen MR) is 81.2 cm³/mol. The first-order valence-corrected chi connectivity index (χ1v) is 7.57. The fraction of sp³-hybridized carbons (Fsp3) is 0.471. The highest BCUT2D eigenvalue weighted by molar-refractivity contribution is 6.06. The number of nitrogens with zero attached hydrogens (tertiary/aromatic N) is 1. The van der Waals surface area contributed by atoms with Gasteiger partial charge in [-0.15, -0.1) is 6.58 Å². The smallest absolute Gasteiger partial charge is 0.292 e. The first kappa shape index (κ1) is 14.3. The molecule has 3 rings (SSSR count). The lowest BCUT2D eigenvalue weighted by atomic mass is 10.0. The summed E-state index contributed by atoms with van der Waals surface area (Å²) in [5.74, 6) is -1.36. The molecule has 1 fully saturated rings. The van der Waals surface area contributed by atoms with Crippen molar-refractivity contribution in [1.82, 2.24) is 0 Å². The summed E-state index contributed by atoms with van der Waals surface area (Å²) in [4.78, 5) is 14.4. The van der Waals surface area contributed by atoms with Gasteiger partial charge in [-0.2, -0.15) is 0 Å². The molecule has 1 aromatic rings. The van der Waals surface area contributed by atoms with Crippen LogP contribution in [0.5, 0.6) is 0 Å². The third kappa shape index (κ3) is 2.19. The molecule has 0 bridgehead atoms. The van der Waals surface area contributed by atoms with E-state index in [0.29, 0.717) is 19.8 Å². The standard InChI is InChI=1S/C17H21NO3/c1-3-5-6-13-7-8-15-14(12-13)17(20-10-11-21-17)16(19)18(15)9-4-2/h4,7-8,12H,2-3,5-6,9-11H2,1H3. The zero-order valence-corrected chi connectivity index (χ0v) is 12.4. The number of benzene rings is 1. The van der Waals surface area contributed by atoms with Crippen molar-refractivity contribution in [2.45, 2.75) is 32.0 Å². The summed E-state index contributed by atoms with van der Waals surface area (Å²) in [5.41, 5.74) is 2.95. The normalized spacial score (nSPS) is 19.3. The number of aryl methyl sites for hydroxylation is 1. The monoisotopic (exact) mass is 287 g/mol. The molecule has 2 aliphatic heterocycles. The van der Waals surface area contributed by atoms with Crippen molar-refractivity contribution in [2.75, 3.05) is 24.7 Å². The van der Waals surface area contributed by atoms with E-state index >= 15 is 0 Å². The summed E-state index contributed by atoms with van der Waals surface area (Å²) in [6.07, 6.45) is 5.02. The predicted octanol–water partition coefficient (Wildman–Crippen LogP) is 2.76. The van der Waals surface area contributed by atoms with Crippen LogP contribution in [0.3, 0.4) is 0 Å². The van der Waals surface area contributed by atoms with Gasteiger partial charge < -0.3 is 14.4 Å². The van der Waals surface area contributed by atoms with Crippen molar-refractivity contribution in [3.8, 4) is 0 Å². The Morgan fingerprint density at radius 1 is 1.38 bits per heavy atom. The van der Waals surface area contributed by atoms with E-state index in [1.807, 2.05) is 6.07 Å². The number of anilines is 1. The van der Waals surface area contributed by atoms with Gasteiger partial charge in [-0.05, 0) is 30.5 Å². The molecule has 0 radical (unpaired) electrons. The highest BCUT2D eigenvalue weighted by Gasteiger charge is 2.55. The molecule has 1 aromatic carbocycles. The first-order chi connectivity index (χ1) is 10.2. The van der Waals surface area contributed by atoms with E-state index in [0.717, 1.165) is 30.5 Å². The maximum atomic E-state index is 12.7. The van der Waals surface area contributed by atoms with Gasteiger partial charge in [0.05, 0.1) is 18.9 Å². The Morgan fingerprint density at radius 2 is 2.14 bits per heavy atom. The quantitative estimate of drug-likeness (QED) is 0.782. The molecular formula is C17H21NO3. The number of hydrogen-bond donors (Lipinski definition) is 0. The Labute approximate surface area is 125 Å². The average molecular weight is 287 g/mol. The minimum atomic E-state index is -1.22. The summed E-state index contributed by atoms with van der Waals surface area (Å²) in [6, 6.07) is 6.16. The zero-order chi connectivity index (χ0) is 14.9. The molecule has 4 heteroatoms.